The Labute approximate surface area is 196 Å². The molecule has 0 fully saturated rings. The number of thiazole rings is 1. The maximum atomic E-state index is 9.73. The van der Waals surface area contributed by atoms with Crippen LogP contribution in [0.2, 0.25) is 0 Å². The van der Waals surface area contributed by atoms with Crippen LogP contribution in [0, 0.1) is 13.8 Å². The number of hydrogen-bond donors (Lipinski definition) is 1. The highest BCUT2D eigenvalue weighted by atomic mass is 32.1. The Morgan fingerprint density at radius 3 is 2.00 bits per heavy atom. The molecule has 0 aliphatic heterocycles. The van der Waals surface area contributed by atoms with Gasteiger partial charge in [-0.25, -0.2) is 4.98 Å². The number of phenols is 1. The molecule has 0 aliphatic rings. The molecule has 4 nitrogen and oxygen atoms in total. The maximum Gasteiger partial charge on any atom is 0.143 e. The van der Waals surface area contributed by atoms with Crippen molar-refractivity contribution in [3.63, 3.8) is 0 Å². The second kappa shape index (κ2) is 14.1. The van der Waals surface area contributed by atoms with Gasteiger partial charge in [-0.05, 0) is 67.4 Å². The summed E-state index contributed by atoms with van der Waals surface area (Å²) in [4.78, 5) is 4.81. The van der Waals surface area contributed by atoms with Crippen LogP contribution in [0.1, 0.15) is 52.7 Å². The number of para-hydroxylation sites is 1. The predicted octanol–water partition coefficient (Wildman–Crippen LogP) is 9.78. The molecular formula is C27H35N3OS. The van der Waals surface area contributed by atoms with Crippen molar-refractivity contribution in [1.29, 1.82) is 0 Å². The van der Waals surface area contributed by atoms with E-state index in [0.717, 1.165) is 21.8 Å². The van der Waals surface area contributed by atoms with E-state index in [9.17, 15) is 5.11 Å². The first-order valence-electron chi connectivity index (χ1n) is 11.3. The van der Waals surface area contributed by atoms with Crippen LogP contribution in [0.15, 0.2) is 70.9 Å². The Hall–Kier alpha value is -3.05. The van der Waals surface area contributed by atoms with Gasteiger partial charge in [0.25, 0.3) is 0 Å². The van der Waals surface area contributed by atoms with E-state index in [2.05, 4.69) is 36.2 Å². The van der Waals surface area contributed by atoms with Crippen molar-refractivity contribution < 1.29 is 5.11 Å². The van der Waals surface area contributed by atoms with Gasteiger partial charge >= 0.3 is 0 Å². The molecular weight excluding hydrogens is 414 g/mol. The van der Waals surface area contributed by atoms with E-state index < -0.39 is 0 Å². The number of rotatable bonds is 3. The third-order valence-electron chi connectivity index (χ3n) is 4.35. The second-order valence-corrected chi connectivity index (χ2v) is 7.14. The first-order chi connectivity index (χ1) is 15.6. The van der Waals surface area contributed by atoms with Crippen LogP contribution in [0.5, 0.6) is 5.75 Å². The molecule has 0 aliphatic carbocycles. The summed E-state index contributed by atoms with van der Waals surface area (Å²) in [6, 6.07) is 19.0. The van der Waals surface area contributed by atoms with E-state index in [1.54, 1.807) is 29.5 Å². The number of fused-ring (bicyclic) bond motifs is 1. The van der Waals surface area contributed by atoms with Gasteiger partial charge in [0.15, 0.2) is 0 Å². The molecule has 1 N–H and O–H groups in total. The quantitative estimate of drug-likeness (QED) is 0.316. The number of nitrogens with zero attached hydrogens (tertiary/aromatic N) is 3. The van der Waals surface area contributed by atoms with Crippen LogP contribution in [0.4, 0.5) is 11.4 Å². The van der Waals surface area contributed by atoms with Crippen molar-refractivity contribution in [2.45, 2.75) is 55.4 Å². The summed E-state index contributed by atoms with van der Waals surface area (Å²) in [5.41, 5.74) is 5.81. The van der Waals surface area contributed by atoms with Gasteiger partial charge < -0.3 is 5.11 Å². The number of aryl methyl sites for hydroxylation is 2. The van der Waals surface area contributed by atoms with Gasteiger partial charge in [0.2, 0.25) is 0 Å². The van der Waals surface area contributed by atoms with E-state index in [0.29, 0.717) is 5.69 Å². The molecule has 0 saturated heterocycles. The SMILES string of the molecule is CC.CC.CC.Cc1ccc2sc(-c3ccc(N=Nc4ccccc4O)cc3)nc2c1C. The lowest BCUT2D eigenvalue weighted by molar-refractivity contribution is 0.476. The summed E-state index contributed by atoms with van der Waals surface area (Å²) < 4.78 is 1.20. The van der Waals surface area contributed by atoms with Crippen molar-refractivity contribution in [3.05, 3.63) is 71.8 Å². The highest BCUT2D eigenvalue weighted by Crippen LogP contribution is 2.34. The zero-order chi connectivity index (χ0) is 24.1. The number of phenolic OH excluding ortho intramolecular Hbond substituents is 1. The zero-order valence-corrected chi connectivity index (χ0v) is 21.3. The van der Waals surface area contributed by atoms with Gasteiger partial charge in [-0.2, -0.15) is 5.11 Å². The summed E-state index contributed by atoms with van der Waals surface area (Å²) in [6.07, 6.45) is 0. The molecule has 3 aromatic carbocycles. The molecule has 0 amide bonds. The third kappa shape index (κ3) is 6.72. The summed E-state index contributed by atoms with van der Waals surface area (Å²) in [7, 11) is 0. The molecule has 4 aromatic rings. The Morgan fingerprint density at radius 1 is 0.750 bits per heavy atom. The van der Waals surface area contributed by atoms with E-state index in [1.165, 1.54) is 15.8 Å². The molecule has 0 bridgehead atoms. The lowest BCUT2D eigenvalue weighted by Gasteiger charge is -1.99. The van der Waals surface area contributed by atoms with Gasteiger partial charge in [-0.3, -0.25) is 0 Å². The smallest absolute Gasteiger partial charge is 0.143 e. The van der Waals surface area contributed by atoms with Crippen molar-refractivity contribution in [1.82, 2.24) is 4.98 Å². The van der Waals surface area contributed by atoms with Crippen LogP contribution in [0.3, 0.4) is 0 Å². The standard InChI is InChI=1S/C21H17N3OS.3C2H6/c1-13-7-12-19-20(14(13)2)22-21(26-19)15-8-10-16(11-9-15)23-24-17-5-3-4-6-18(17)25;3*1-2/h3-12,25H,1-2H3;3*1-2H3. The topological polar surface area (TPSA) is 57.8 Å². The average Bonchev–Trinajstić information content (AvgIpc) is 3.30. The van der Waals surface area contributed by atoms with Gasteiger partial charge in [-0.15, -0.1) is 16.5 Å². The van der Waals surface area contributed by atoms with E-state index in [-0.39, 0.29) is 5.75 Å². The van der Waals surface area contributed by atoms with Crippen molar-refractivity contribution in [2.75, 3.05) is 0 Å². The molecule has 1 heterocycles. The van der Waals surface area contributed by atoms with E-state index >= 15 is 0 Å². The van der Waals surface area contributed by atoms with Gasteiger partial charge in [0.05, 0.1) is 15.9 Å². The van der Waals surface area contributed by atoms with Crippen LogP contribution in [-0.4, -0.2) is 10.1 Å². The van der Waals surface area contributed by atoms with Crippen LogP contribution in [-0.2, 0) is 0 Å². The molecule has 4 rings (SSSR count). The summed E-state index contributed by atoms with van der Waals surface area (Å²) >= 11 is 1.69. The monoisotopic (exact) mass is 449 g/mol. The number of aromatic nitrogens is 1. The lowest BCUT2D eigenvalue weighted by Crippen LogP contribution is -1.82. The summed E-state index contributed by atoms with van der Waals surface area (Å²) in [5, 5.41) is 19.0. The van der Waals surface area contributed by atoms with Crippen molar-refractivity contribution in [3.8, 4) is 16.3 Å². The Morgan fingerprint density at radius 2 is 1.38 bits per heavy atom. The van der Waals surface area contributed by atoms with E-state index in [4.69, 9.17) is 4.98 Å². The average molecular weight is 450 g/mol. The van der Waals surface area contributed by atoms with Crippen LogP contribution >= 0.6 is 11.3 Å². The van der Waals surface area contributed by atoms with Gasteiger partial charge in [-0.1, -0.05) is 59.7 Å². The molecule has 5 heteroatoms. The zero-order valence-electron chi connectivity index (χ0n) is 20.5. The third-order valence-corrected chi connectivity index (χ3v) is 5.42. The van der Waals surface area contributed by atoms with Crippen LogP contribution < -0.4 is 0 Å². The number of hydrogen-bond acceptors (Lipinski definition) is 5. The molecule has 0 saturated carbocycles. The van der Waals surface area contributed by atoms with Crippen molar-refractivity contribution in [2.24, 2.45) is 10.2 Å². The van der Waals surface area contributed by atoms with Crippen LogP contribution in [0.25, 0.3) is 20.8 Å². The van der Waals surface area contributed by atoms with Gasteiger partial charge in [0.1, 0.15) is 16.4 Å². The molecule has 0 unspecified atom stereocenters. The first-order valence-corrected chi connectivity index (χ1v) is 12.1. The second-order valence-electron chi connectivity index (χ2n) is 6.11. The fourth-order valence-electron chi connectivity index (χ4n) is 2.68. The molecule has 0 spiro atoms. The largest absolute Gasteiger partial charge is 0.506 e. The molecule has 1 aromatic heterocycles. The Balaban J connectivity index is 0.000000789. The fraction of sp³-hybridized carbons (Fsp3) is 0.296. The number of azo groups is 1. The fourth-order valence-corrected chi connectivity index (χ4v) is 3.71. The lowest BCUT2D eigenvalue weighted by atomic mass is 10.1. The van der Waals surface area contributed by atoms with Crippen molar-refractivity contribution >= 4 is 32.9 Å². The molecule has 170 valence electrons. The summed E-state index contributed by atoms with van der Waals surface area (Å²) in [5.74, 6) is 0.119. The maximum absolute atomic E-state index is 9.73. The summed E-state index contributed by atoms with van der Waals surface area (Å²) in [6.45, 7) is 16.2. The molecule has 0 atom stereocenters. The predicted molar refractivity (Wildman–Crippen MR) is 141 cm³/mol. The normalized spacial score (nSPS) is 9.88. The van der Waals surface area contributed by atoms with E-state index in [1.807, 2.05) is 71.9 Å². The Kier molecular flexibility index (Phi) is 11.9. The number of benzene rings is 3. The first kappa shape index (κ1) is 27.0. The number of aromatic hydroxyl groups is 1. The highest BCUT2D eigenvalue weighted by molar-refractivity contribution is 7.21. The molecule has 32 heavy (non-hydrogen) atoms. The minimum atomic E-state index is 0.119. The molecule has 0 radical (unpaired) electrons. The minimum Gasteiger partial charge on any atom is -0.506 e. The van der Waals surface area contributed by atoms with Gasteiger partial charge in [0, 0.05) is 5.56 Å². The minimum absolute atomic E-state index is 0.119. The Bertz CT molecular complexity index is 1120. The highest BCUT2D eigenvalue weighted by Gasteiger charge is 2.09.